The molecule has 1 aliphatic heterocycles. The van der Waals surface area contributed by atoms with E-state index in [1.165, 1.54) is 12.1 Å². The largest absolute Gasteiger partial charge is 0.488 e. The van der Waals surface area contributed by atoms with Crippen molar-refractivity contribution in [3.63, 3.8) is 0 Å². The number of carbonyl (C=O) groups is 1. The number of nitrogens with zero attached hydrogens (tertiary/aromatic N) is 1. The second-order valence-corrected chi connectivity index (χ2v) is 6.08. The summed E-state index contributed by atoms with van der Waals surface area (Å²) in [7, 11) is 0. The Balaban J connectivity index is 1.82. The Hall–Kier alpha value is -2.92. The van der Waals surface area contributed by atoms with Crippen LogP contribution in [0.4, 0.5) is 5.69 Å². The van der Waals surface area contributed by atoms with Gasteiger partial charge in [-0.25, -0.2) is 0 Å². The molecule has 0 aromatic heterocycles. The van der Waals surface area contributed by atoms with E-state index in [9.17, 15) is 14.9 Å². The number of allylic oxidation sites excluding steroid dienone is 1. The zero-order valence-electron chi connectivity index (χ0n) is 13.4. The third kappa shape index (κ3) is 3.78. The second kappa shape index (κ2) is 6.91. The Morgan fingerprint density at radius 1 is 1.28 bits per heavy atom. The van der Waals surface area contributed by atoms with Crippen molar-refractivity contribution in [2.24, 2.45) is 0 Å². The number of fused-ring (bicyclic) bond motifs is 1. The summed E-state index contributed by atoms with van der Waals surface area (Å²) in [5.74, 6) is 0.433. The minimum Gasteiger partial charge on any atom is -0.488 e. The van der Waals surface area contributed by atoms with Gasteiger partial charge in [0.1, 0.15) is 12.4 Å². The van der Waals surface area contributed by atoms with Crippen LogP contribution in [0.5, 0.6) is 5.75 Å². The Morgan fingerprint density at radius 3 is 2.84 bits per heavy atom. The van der Waals surface area contributed by atoms with Crippen molar-refractivity contribution < 1.29 is 14.5 Å². The molecule has 0 bridgehead atoms. The maximum Gasteiger partial charge on any atom is 0.273 e. The molecular formula is C19H14ClNO4. The number of halogens is 1. The lowest BCUT2D eigenvalue weighted by Crippen LogP contribution is -2.06. The first-order valence-corrected chi connectivity index (χ1v) is 7.92. The molecule has 3 rings (SSSR count). The standard InChI is InChI=1S/C19H14ClNO4/c1-12-2-4-14(10-17(12)21(23)24)18(22)6-3-13-8-15-9-16(20)5-7-19(15)25-11-13/h2-10H,11H2,1H3. The maximum absolute atomic E-state index is 12.3. The molecule has 0 saturated heterocycles. The molecule has 2 aromatic carbocycles. The lowest BCUT2D eigenvalue weighted by Gasteiger charge is -2.16. The highest BCUT2D eigenvalue weighted by Crippen LogP contribution is 2.29. The van der Waals surface area contributed by atoms with E-state index in [0.717, 1.165) is 16.9 Å². The van der Waals surface area contributed by atoms with Gasteiger partial charge in [0.05, 0.1) is 4.92 Å². The van der Waals surface area contributed by atoms with E-state index >= 15 is 0 Å². The summed E-state index contributed by atoms with van der Waals surface area (Å²) in [5.41, 5.74) is 2.38. The Labute approximate surface area is 149 Å². The van der Waals surface area contributed by atoms with Gasteiger partial charge in [0.2, 0.25) is 0 Å². The van der Waals surface area contributed by atoms with E-state index in [4.69, 9.17) is 16.3 Å². The number of hydrogen-bond donors (Lipinski definition) is 0. The first-order valence-electron chi connectivity index (χ1n) is 7.54. The number of nitro benzene ring substituents is 1. The first-order chi connectivity index (χ1) is 11.9. The van der Waals surface area contributed by atoms with Crippen molar-refractivity contribution in [1.82, 2.24) is 0 Å². The molecule has 1 heterocycles. The van der Waals surface area contributed by atoms with E-state index in [1.54, 1.807) is 43.3 Å². The van der Waals surface area contributed by atoms with Gasteiger partial charge in [-0.15, -0.1) is 0 Å². The van der Waals surface area contributed by atoms with Crippen LogP contribution in [0.1, 0.15) is 21.5 Å². The summed E-state index contributed by atoms with van der Waals surface area (Å²) < 4.78 is 5.62. The number of ether oxygens (including phenoxy) is 1. The van der Waals surface area contributed by atoms with Crippen LogP contribution >= 0.6 is 11.6 Å². The quantitative estimate of drug-likeness (QED) is 0.343. The average Bonchev–Trinajstić information content (AvgIpc) is 2.59. The molecule has 126 valence electrons. The molecular weight excluding hydrogens is 342 g/mol. The number of nitro groups is 1. The highest BCUT2D eigenvalue weighted by Gasteiger charge is 2.14. The number of ketones is 1. The predicted octanol–water partition coefficient (Wildman–Crippen LogP) is 4.77. The van der Waals surface area contributed by atoms with E-state index in [-0.39, 0.29) is 17.0 Å². The van der Waals surface area contributed by atoms with Crippen molar-refractivity contribution in [3.8, 4) is 5.75 Å². The van der Waals surface area contributed by atoms with Crippen LogP contribution in [0.15, 0.2) is 54.1 Å². The minimum absolute atomic E-state index is 0.0666. The van der Waals surface area contributed by atoms with E-state index in [2.05, 4.69) is 0 Å². The number of benzene rings is 2. The topological polar surface area (TPSA) is 69.4 Å². The smallest absolute Gasteiger partial charge is 0.273 e. The molecule has 6 heteroatoms. The van der Waals surface area contributed by atoms with Gasteiger partial charge in [0.15, 0.2) is 5.78 Å². The summed E-state index contributed by atoms with van der Waals surface area (Å²) in [4.78, 5) is 22.8. The lowest BCUT2D eigenvalue weighted by atomic mass is 10.0. The van der Waals surface area contributed by atoms with Gasteiger partial charge in [0, 0.05) is 27.8 Å². The van der Waals surface area contributed by atoms with Crippen LogP contribution in [0, 0.1) is 17.0 Å². The SMILES string of the molecule is Cc1ccc(C(=O)C=CC2=Cc3cc(Cl)ccc3OC2)cc1[N+](=O)[O-]. The molecule has 0 radical (unpaired) electrons. The first kappa shape index (κ1) is 16.9. The fraction of sp³-hybridized carbons (Fsp3) is 0.105. The van der Waals surface area contributed by atoms with Gasteiger partial charge >= 0.3 is 0 Å². The Kier molecular flexibility index (Phi) is 4.67. The summed E-state index contributed by atoms with van der Waals surface area (Å²) in [6.45, 7) is 1.97. The van der Waals surface area contributed by atoms with Crippen LogP contribution in [0.2, 0.25) is 5.02 Å². The van der Waals surface area contributed by atoms with Crippen molar-refractivity contribution in [2.45, 2.75) is 6.92 Å². The van der Waals surface area contributed by atoms with Crippen LogP contribution in [0.3, 0.4) is 0 Å². The summed E-state index contributed by atoms with van der Waals surface area (Å²) in [6.07, 6.45) is 4.93. The molecule has 0 N–H and O–H groups in total. The number of rotatable bonds is 4. The van der Waals surface area contributed by atoms with E-state index in [1.807, 2.05) is 6.08 Å². The van der Waals surface area contributed by atoms with E-state index < -0.39 is 4.92 Å². The summed E-state index contributed by atoms with van der Waals surface area (Å²) in [6, 6.07) is 9.78. The van der Waals surface area contributed by atoms with Gasteiger partial charge in [-0.05, 0) is 42.8 Å². The molecule has 1 aliphatic rings. The predicted molar refractivity (Wildman–Crippen MR) is 96.2 cm³/mol. The molecule has 5 nitrogen and oxygen atoms in total. The van der Waals surface area contributed by atoms with Crippen LogP contribution in [0.25, 0.3) is 6.08 Å². The third-order valence-electron chi connectivity index (χ3n) is 3.85. The Bertz CT molecular complexity index is 931. The highest BCUT2D eigenvalue weighted by atomic mass is 35.5. The monoisotopic (exact) mass is 355 g/mol. The molecule has 0 atom stereocenters. The molecule has 2 aromatic rings. The van der Waals surface area contributed by atoms with Gasteiger partial charge < -0.3 is 4.74 Å². The molecule has 0 aliphatic carbocycles. The van der Waals surface area contributed by atoms with Crippen molar-refractivity contribution >= 4 is 29.1 Å². The number of hydrogen-bond acceptors (Lipinski definition) is 4. The number of aryl methyl sites for hydroxylation is 1. The third-order valence-corrected chi connectivity index (χ3v) is 4.08. The van der Waals surface area contributed by atoms with Gasteiger partial charge in [0.25, 0.3) is 5.69 Å². The minimum atomic E-state index is -0.492. The van der Waals surface area contributed by atoms with Gasteiger partial charge in [-0.3, -0.25) is 14.9 Å². The molecule has 0 fully saturated rings. The molecule has 0 unspecified atom stereocenters. The molecule has 0 amide bonds. The van der Waals surface area contributed by atoms with Crippen LogP contribution in [-0.2, 0) is 0 Å². The van der Waals surface area contributed by atoms with Crippen LogP contribution < -0.4 is 4.74 Å². The average molecular weight is 356 g/mol. The van der Waals surface area contributed by atoms with Gasteiger partial charge in [-0.1, -0.05) is 29.8 Å². The molecule has 25 heavy (non-hydrogen) atoms. The fourth-order valence-corrected chi connectivity index (χ4v) is 2.68. The second-order valence-electron chi connectivity index (χ2n) is 5.65. The Morgan fingerprint density at radius 2 is 2.08 bits per heavy atom. The summed E-state index contributed by atoms with van der Waals surface area (Å²) in [5, 5.41) is 11.6. The van der Waals surface area contributed by atoms with Crippen LogP contribution in [-0.4, -0.2) is 17.3 Å². The molecule has 0 saturated carbocycles. The van der Waals surface area contributed by atoms with E-state index in [0.29, 0.717) is 17.2 Å². The highest BCUT2D eigenvalue weighted by molar-refractivity contribution is 6.30. The normalized spacial score (nSPS) is 13.1. The fourth-order valence-electron chi connectivity index (χ4n) is 2.50. The van der Waals surface area contributed by atoms with Crippen molar-refractivity contribution in [2.75, 3.05) is 6.61 Å². The number of carbonyl (C=O) groups excluding carboxylic acids is 1. The van der Waals surface area contributed by atoms with Gasteiger partial charge in [-0.2, -0.15) is 0 Å². The molecule has 0 spiro atoms. The zero-order valence-corrected chi connectivity index (χ0v) is 14.1. The lowest BCUT2D eigenvalue weighted by molar-refractivity contribution is -0.385. The summed E-state index contributed by atoms with van der Waals surface area (Å²) >= 11 is 5.97. The zero-order chi connectivity index (χ0) is 18.0. The maximum atomic E-state index is 12.3. The van der Waals surface area contributed by atoms with Crippen molar-refractivity contribution in [1.29, 1.82) is 0 Å². The van der Waals surface area contributed by atoms with Crippen molar-refractivity contribution in [3.05, 3.63) is 86.0 Å².